The van der Waals surface area contributed by atoms with Crippen molar-refractivity contribution >= 4 is 17.4 Å². The minimum atomic E-state index is -0.333. The van der Waals surface area contributed by atoms with E-state index in [1.54, 1.807) is 11.3 Å². The van der Waals surface area contributed by atoms with E-state index in [9.17, 15) is 4.79 Å². The molecular weight excluding hydrogens is 322 g/mol. The second kappa shape index (κ2) is 8.26. The maximum Gasteiger partial charge on any atom is 0.407 e. The summed E-state index contributed by atoms with van der Waals surface area (Å²) in [5.74, 6) is 0. The smallest absolute Gasteiger partial charge is 0.407 e. The van der Waals surface area contributed by atoms with Crippen LogP contribution in [0.4, 0.5) is 4.79 Å². The summed E-state index contributed by atoms with van der Waals surface area (Å²) in [5.41, 5.74) is 2.15. The molecule has 1 aliphatic carbocycles. The molecule has 1 heterocycles. The number of nitrogens with zero attached hydrogens (tertiary/aromatic N) is 1. The highest BCUT2D eigenvalue weighted by molar-refractivity contribution is 7.09. The largest absolute Gasteiger partial charge is 0.445 e. The lowest BCUT2D eigenvalue weighted by Crippen LogP contribution is -2.52. The van der Waals surface area contributed by atoms with Gasteiger partial charge in [-0.15, -0.1) is 11.3 Å². The number of benzene rings is 1. The van der Waals surface area contributed by atoms with E-state index in [2.05, 4.69) is 21.0 Å². The molecule has 0 saturated heterocycles. The van der Waals surface area contributed by atoms with Gasteiger partial charge in [-0.25, -0.2) is 9.78 Å². The van der Waals surface area contributed by atoms with Crippen LogP contribution in [0.2, 0.25) is 0 Å². The minimum Gasteiger partial charge on any atom is -0.445 e. The standard InChI is InChI=1S/C18H23N3O2S/c1-13-20-15(12-24-13)7-8-19-16-9-17(10-16)21-18(22)23-11-14-5-3-2-4-6-14/h2-6,12,16-17,19H,7-11H2,1H3,(H,21,22). The van der Waals surface area contributed by atoms with Crippen molar-refractivity contribution in [2.24, 2.45) is 0 Å². The number of hydrogen-bond acceptors (Lipinski definition) is 5. The molecular formula is C18H23N3O2S. The van der Waals surface area contributed by atoms with E-state index in [0.717, 1.165) is 42.1 Å². The molecule has 6 heteroatoms. The third-order valence-corrected chi connectivity index (χ3v) is 4.98. The van der Waals surface area contributed by atoms with Gasteiger partial charge in [0.15, 0.2) is 0 Å². The molecule has 0 unspecified atom stereocenters. The Morgan fingerprint density at radius 1 is 1.29 bits per heavy atom. The molecule has 1 aromatic heterocycles. The van der Waals surface area contributed by atoms with E-state index in [-0.39, 0.29) is 12.1 Å². The first-order valence-corrected chi connectivity index (χ1v) is 9.18. The molecule has 1 fully saturated rings. The van der Waals surface area contributed by atoms with E-state index in [1.165, 1.54) is 0 Å². The van der Waals surface area contributed by atoms with Gasteiger partial charge in [-0.3, -0.25) is 0 Å². The molecule has 1 amide bonds. The number of thiazole rings is 1. The quantitative estimate of drug-likeness (QED) is 0.810. The summed E-state index contributed by atoms with van der Waals surface area (Å²) in [6.45, 7) is 3.27. The van der Waals surface area contributed by atoms with Crippen LogP contribution in [0.5, 0.6) is 0 Å². The van der Waals surface area contributed by atoms with Crippen molar-refractivity contribution in [3.05, 3.63) is 52.0 Å². The molecule has 0 aliphatic heterocycles. The predicted molar refractivity (Wildman–Crippen MR) is 95.1 cm³/mol. The summed E-state index contributed by atoms with van der Waals surface area (Å²) < 4.78 is 5.23. The highest BCUT2D eigenvalue weighted by Gasteiger charge is 2.30. The molecule has 2 N–H and O–H groups in total. The third kappa shape index (κ3) is 5.04. The van der Waals surface area contributed by atoms with Gasteiger partial charge in [-0.05, 0) is 25.3 Å². The number of ether oxygens (including phenoxy) is 1. The number of nitrogens with one attached hydrogen (secondary N) is 2. The normalized spacial score (nSPS) is 19.5. The average Bonchev–Trinajstić information content (AvgIpc) is 2.97. The van der Waals surface area contributed by atoms with Crippen molar-refractivity contribution in [1.29, 1.82) is 0 Å². The summed E-state index contributed by atoms with van der Waals surface area (Å²) in [6.07, 6.45) is 2.53. The van der Waals surface area contributed by atoms with Crippen LogP contribution >= 0.6 is 11.3 Å². The third-order valence-electron chi connectivity index (χ3n) is 4.15. The van der Waals surface area contributed by atoms with Crippen molar-refractivity contribution < 1.29 is 9.53 Å². The van der Waals surface area contributed by atoms with Gasteiger partial charge < -0.3 is 15.4 Å². The molecule has 5 nitrogen and oxygen atoms in total. The molecule has 1 aliphatic rings. The fraction of sp³-hybridized carbons (Fsp3) is 0.444. The molecule has 3 rings (SSSR count). The van der Waals surface area contributed by atoms with E-state index < -0.39 is 0 Å². The molecule has 0 bridgehead atoms. The Morgan fingerprint density at radius 2 is 2.08 bits per heavy atom. The summed E-state index contributed by atoms with van der Waals surface area (Å²) in [7, 11) is 0. The lowest BCUT2D eigenvalue weighted by Gasteiger charge is -2.36. The van der Waals surface area contributed by atoms with Crippen LogP contribution in [0.3, 0.4) is 0 Å². The van der Waals surface area contributed by atoms with Gasteiger partial charge in [0.2, 0.25) is 0 Å². The monoisotopic (exact) mass is 345 g/mol. The Balaban J connectivity index is 1.26. The Labute approximate surface area is 146 Å². The number of rotatable bonds is 7. The number of carbonyl (C=O) groups is 1. The number of amides is 1. The van der Waals surface area contributed by atoms with E-state index in [0.29, 0.717) is 12.6 Å². The van der Waals surface area contributed by atoms with Gasteiger partial charge in [0.25, 0.3) is 0 Å². The molecule has 1 aromatic carbocycles. The van der Waals surface area contributed by atoms with Gasteiger partial charge in [0.05, 0.1) is 10.7 Å². The van der Waals surface area contributed by atoms with Gasteiger partial charge >= 0.3 is 6.09 Å². The molecule has 128 valence electrons. The first kappa shape index (κ1) is 16.9. The van der Waals surface area contributed by atoms with Crippen LogP contribution < -0.4 is 10.6 Å². The Morgan fingerprint density at radius 3 is 2.79 bits per heavy atom. The Bertz CT molecular complexity index is 653. The maximum absolute atomic E-state index is 11.8. The van der Waals surface area contributed by atoms with Crippen LogP contribution in [0, 0.1) is 6.92 Å². The van der Waals surface area contributed by atoms with Crippen LogP contribution in [0.25, 0.3) is 0 Å². The van der Waals surface area contributed by atoms with Crippen molar-refractivity contribution in [3.8, 4) is 0 Å². The molecule has 2 aromatic rings. The SMILES string of the molecule is Cc1nc(CCNC2CC(NC(=O)OCc3ccccc3)C2)cs1. The maximum atomic E-state index is 11.8. The first-order valence-electron chi connectivity index (χ1n) is 8.30. The highest BCUT2D eigenvalue weighted by atomic mass is 32.1. The van der Waals surface area contributed by atoms with Crippen LogP contribution in [0.1, 0.15) is 29.1 Å². The van der Waals surface area contributed by atoms with Crippen molar-refractivity contribution in [2.75, 3.05) is 6.54 Å². The summed E-state index contributed by atoms with van der Waals surface area (Å²) in [6, 6.07) is 10.4. The van der Waals surface area contributed by atoms with Crippen LogP contribution in [-0.2, 0) is 17.8 Å². The zero-order valence-electron chi connectivity index (χ0n) is 13.8. The summed E-state index contributed by atoms with van der Waals surface area (Å²) in [4.78, 5) is 16.2. The second-order valence-electron chi connectivity index (χ2n) is 6.13. The van der Waals surface area contributed by atoms with Crippen molar-refractivity contribution in [2.45, 2.75) is 44.9 Å². The number of alkyl carbamates (subject to hydrolysis) is 1. The molecule has 24 heavy (non-hydrogen) atoms. The number of aromatic nitrogens is 1. The summed E-state index contributed by atoms with van der Waals surface area (Å²) >= 11 is 1.69. The Kier molecular flexibility index (Phi) is 5.82. The number of hydrogen-bond donors (Lipinski definition) is 2. The first-order chi connectivity index (χ1) is 11.7. The second-order valence-corrected chi connectivity index (χ2v) is 7.20. The van der Waals surface area contributed by atoms with E-state index in [1.807, 2.05) is 37.3 Å². The van der Waals surface area contributed by atoms with Gasteiger partial charge in [-0.2, -0.15) is 0 Å². The predicted octanol–water partition coefficient (Wildman–Crippen LogP) is 3.04. The van der Waals surface area contributed by atoms with Gasteiger partial charge in [0, 0.05) is 30.4 Å². The number of carbonyl (C=O) groups excluding carboxylic acids is 1. The number of aryl methyl sites for hydroxylation is 1. The molecule has 0 atom stereocenters. The Hall–Kier alpha value is -1.92. The fourth-order valence-electron chi connectivity index (χ4n) is 2.76. The molecule has 1 saturated carbocycles. The zero-order valence-corrected chi connectivity index (χ0v) is 14.6. The van der Waals surface area contributed by atoms with Crippen molar-refractivity contribution in [1.82, 2.24) is 15.6 Å². The van der Waals surface area contributed by atoms with Gasteiger partial charge in [-0.1, -0.05) is 30.3 Å². The van der Waals surface area contributed by atoms with Crippen LogP contribution in [0.15, 0.2) is 35.7 Å². The summed E-state index contributed by atoms with van der Waals surface area (Å²) in [5, 5.41) is 9.66. The van der Waals surface area contributed by atoms with Gasteiger partial charge in [0.1, 0.15) is 6.61 Å². The lowest BCUT2D eigenvalue weighted by molar-refractivity contribution is 0.125. The van der Waals surface area contributed by atoms with E-state index in [4.69, 9.17) is 4.74 Å². The minimum absolute atomic E-state index is 0.215. The zero-order chi connectivity index (χ0) is 16.8. The average molecular weight is 345 g/mol. The highest BCUT2D eigenvalue weighted by Crippen LogP contribution is 2.20. The van der Waals surface area contributed by atoms with E-state index >= 15 is 0 Å². The van der Waals surface area contributed by atoms with Crippen LogP contribution in [-0.4, -0.2) is 29.7 Å². The fourth-order valence-corrected chi connectivity index (χ4v) is 3.41. The van der Waals surface area contributed by atoms with Crippen molar-refractivity contribution in [3.63, 3.8) is 0 Å². The molecule has 0 radical (unpaired) electrons. The molecule has 0 spiro atoms. The lowest BCUT2D eigenvalue weighted by atomic mass is 9.87. The topological polar surface area (TPSA) is 63.2 Å².